The first kappa shape index (κ1) is 19.0. The van der Waals surface area contributed by atoms with Gasteiger partial charge in [0.1, 0.15) is 18.2 Å². The summed E-state index contributed by atoms with van der Waals surface area (Å²) < 4.78 is 7.63. The Morgan fingerprint density at radius 2 is 2.04 bits per heavy atom. The van der Waals surface area contributed by atoms with Crippen LogP contribution in [0.3, 0.4) is 0 Å². The van der Waals surface area contributed by atoms with Crippen LogP contribution in [0.25, 0.3) is 0 Å². The third kappa shape index (κ3) is 4.89. The number of aryl methyl sites for hydroxylation is 1. The quantitative estimate of drug-likeness (QED) is 0.652. The molecule has 0 radical (unpaired) electrons. The SMILES string of the molecule is CCC(NC(=O)c1ccc(OCc2nccn2C)cc1)c1cccc(Cl)c1. The highest BCUT2D eigenvalue weighted by atomic mass is 35.5. The molecule has 1 atom stereocenters. The molecule has 0 bridgehead atoms. The van der Waals surface area contributed by atoms with Crippen molar-refractivity contribution in [1.29, 1.82) is 0 Å². The van der Waals surface area contributed by atoms with Crippen molar-refractivity contribution < 1.29 is 9.53 Å². The van der Waals surface area contributed by atoms with Crippen molar-refractivity contribution >= 4 is 17.5 Å². The second-order valence-corrected chi connectivity index (χ2v) is 6.69. The first-order valence-electron chi connectivity index (χ1n) is 8.82. The molecule has 0 aliphatic heterocycles. The van der Waals surface area contributed by atoms with Crippen molar-refractivity contribution in [2.45, 2.75) is 26.0 Å². The first-order chi connectivity index (χ1) is 13.1. The predicted molar refractivity (Wildman–Crippen MR) is 106 cm³/mol. The standard InChI is InChI=1S/C21H22ClN3O2/c1-3-19(16-5-4-6-17(22)13-16)24-21(26)15-7-9-18(10-8-15)27-14-20-23-11-12-25(20)2/h4-13,19H,3,14H2,1-2H3,(H,24,26). The third-order valence-electron chi connectivity index (χ3n) is 4.37. The average Bonchev–Trinajstić information content (AvgIpc) is 3.09. The molecule has 0 spiro atoms. The monoisotopic (exact) mass is 383 g/mol. The Bertz CT molecular complexity index is 906. The van der Waals surface area contributed by atoms with Gasteiger partial charge in [-0.2, -0.15) is 0 Å². The summed E-state index contributed by atoms with van der Waals surface area (Å²) in [5.41, 5.74) is 1.58. The molecule has 1 heterocycles. The average molecular weight is 384 g/mol. The van der Waals surface area contributed by atoms with Crippen LogP contribution in [0.1, 0.15) is 41.1 Å². The highest BCUT2D eigenvalue weighted by molar-refractivity contribution is 6.30. The molecular weight excluding hydrogens is 362 g/mol. The Balaban J connectivity index is 1.62. The predicted octanol–water partition coefficient (Wildman–Crippen LogP) is 4.53. The third-order valence-corrected chi connectivity index (χ3v) is 4.61. The number of aromatic nitrogens is 2. The first-order valence-corrected chi connectivity index (χ1v) is 9.20. The number of benzene rings is 2. The van der Waals surface area contributed by atoms with Crippen molar-refractivity contribution in [1.82, 2.24) is 14.9 Å². The Morgan fingerprint density at radius 1 is 1.26 bits per heavy atom. The summed E-state index contributed by atoms with van der Waals surface area (Å²) in [5, 5.41) is 3.72. The molecule has 140 valence electrons. The van der Waals surface area contributed by atoms with Crippen LogP contribution in [0.4, 0.5) is 0 Å². The van der Waals surface area contributed by atoms with Crippen LogP contribution in [0.15, 0.2) is 60.9 Å². The van der Waals surface area contributed by atoms with E-state index in [0.717, 1.165) is 17.8 Å². The number of carbonyl (C=O) groups is 1. The van der Waals surface area contributed by atoms with E-state index in [1.54, 1.807) is 30.5 Å². The molecule has 2 aromatic carbocycles. The van der Waals surface area contributed by atoms with Crippen LogP contribution in [0, 0.1) is 0 Å². The fraction of sp³-hybridized carbons (Fsp3) is 0.238. The van der Waals surface area contributed by atoms with Gasteiger partial charge in [0, 0.05) is 30.0 Å². The topological polar surface area (TPSA) is 56.1 Å². The highest BCUT2D eigenvalue weighted by Gasteiger charge is 2.14. The Labute approximate surface area is 164 Å². The molecule has 0 saturated heterocycles. The lowest BCUT2D eigenvalue weighted by Crippen LogP contribution is -2.28. The number of nitrogens with zero attached hydrogens (tertiary/aromatic N) is 2. The summed E-state index contributed by atoms with van der Waals surface area (Å²) in [5.74, 6) is 1.40. The molecule has 3 aromatic rings. The lowest BCUT2D eigenvalue weighted by atomic mass is 10.0. The minimum absolute atomic E-state index is 0.0875. The van der Waals surface area contributed by atoms with Gasteiger partial charge in [-0.3, -0.25) is 4.79 Å². The Hall–Kier alpha value is -2.79. The molecule has 1 amide bonds. The van der Waals surface area contributed by atoms with Gasteiger partial charge < -0.3 is 14.6 Å². The van der Waals surface area contributed by atoms with Crippen LogP contribution >= 0.6 is 11.6 Å². The molecule has 0 aliphatic rings. The molecule has 27 heavy (non-hydrogen) atoms. The normalized spacial score (nSPS) is 11.8. The van der Waals surface area contributed by atoms with Crippen molar-refractivity contribution in [3.63, 3.8) is 0 Å². The fourth-order valence-corrected chi connectivity index (χ4v) is 2.97. The summed E-state index contributed by atoms with van der Waals surface area (Å²) in [7, 11) is 1.92. The summed E-state index contributed by atoms with van der Waals surface area (Å²) in [4.78, 5) is 16.8. The van der Waals surface area contributed by atoms with Gasteiger partial charge in [-0.25, -0.2) is 4.98 Å². The zero-order chi connectivity index (χ0) is 19.2. The summed E-state index contributed by atoms with van der Waals surface area (Å²) in [6, 6.07) is 14.6. The molecule has 1 unspecified atom stereocenters. The number of nitrogens with one attached hydrogen (secondary N) is 1. The smallest absolute Gasteiger partial charge is 0.251 e. The van der Waals surface area contributed by atoms with Gasteiger partial charge in [-0.1, -0.05) is 30.7 Å². The van der Waals surface area contributed by atoms with Gasteiger partial charge in [0.25, 0.3) is 5.91 Å². The molecule has 1 N–H and O–H groups in total. The van der Waals surface area contributed by atoms with E-state index in [4.69, 9.17) is 16.3 Å². The molecule has 0 aliphatic carbocycles. The lowest BCUT2D eigenvalue weighted by Gasteiger charge is -2.18. The zero-order valence-corrected chi connectivity index (χ0v) is 16.1. The Kier molecular flexibility index (Phi) is 6.14. The number of imidazole rings is 1. The number of carbonyl (C=O) groups excluding carboxylic acids is 1. The second-order valence-electron chi connectivity index (χ2n) is 6.26. The van der Waals surface area contributed by atoms with Crippen molar-refractivity contribution in [2.24, 2.45) is 7.05 Å². The summed E-state index contributed by atoms with van der Waals surface area (Å²) >= 11 is 6.06. The largest absolute Gasteiger partial charge is 0.486 e. The highest BCUT2D eigenvalue weighted by Crippen LogP contribution is 2.21. The lowest BCUT2D eigenvalue weighted by molar-refractivity contribution is 0.0935. The Morgan fingerprint density at radius 3 is 2.67 bits per heavy atom. The maximum Gasteiger partial charge on any atom is 0.251 e. The number of hydrogen-bond acceptors (Lipinski definition) is 3. The van der Waals surface area contributed by atoms with Gasteiger partial charge in [-0.15, -0.1) is 0 Å². The van der Waals surface area contributed by atoms with Gasteiger partial charge in [0.2, 0.25) is 0 Å². The van der Waals surface area contributed by atoms with Crippen LogP contribution in [0.2, 0.25) is 5.02 Å². The molecule has 3 rings (SSSR count). The van der Waals surface area contributed by atoms with Crippen molar-refractivity contribution in [3.8, 4) is 5.75 Å². The van der Waals surface area contributed by atoms with E-state index in [0.29, 0.717) is 22.9 Å². The number of halogens is 1. The zero-order valence-electron chi connectivity index (χ0n) is 15.4. The van der Waals surface area contributed by atoms with Crippen LogP contribution in [-0.2, 0) is 13.7 Å². The van der Waals surface area contributed by atoms with Crippen LogP contribution in [-0.4, -0.2) is 15.5 Å². The number of rotatable bonds is 7. The molecule has 0 fully saturated rings. The minimum atomic E-state index is -0.127. The second kappa shape index (κ2) is 8.73. The number of ether oxygens (including phenoxy) is 1. The molecule has 1 aromatic heterocycles. The van der Waals surface area contributed by atoms with E-state index in [1.807, 2.05) is 49.0 Å². The summed E-state index contributed by atoms with van der Waals surface area (Å²) in [6.07, 6.45) is 4.38. The fourth-order valence-electron chi connectivity index (χ4n) is 2.77. The van der Waals surface area contributed by atoms with Crippen LogP contribution < -0.4 is 10.1 Å². The maximum absolute atomic E-state index is 12.6. The van der Waals surface area contributed by atoms with Gasteiger partial charge in [0.05, 0.1) is 6.04 Å². The van der Waals surface area contributed by atoms with Crippen LogP contribution in [0.5, 0.6) is 5.75 Å². The molecule has 6 heteroatoms. The van der Waals surface area contributed by atoms with E-state index < -0.39 is 0 Å². The van der Waals surface area contributed by atoms with E-state index in [9.17, 15) is 4.79 Å². The summed E-state index contributed by atoms with van der Waals surface area (Å²) in [6.45, 7) is 2.40. The molecule has 0 saturated carbocycles. The number of amides is 1. The van der Waals surface area contributed by atoms with E-state index >= 15 is 0 Å². The van der Waals surface area contributed by atoms with Gasteiger partial charge in [0.15, 0.2) is 0 Å². The van der Waals surface area contributed by atoms with E-state index in [-0.39, 0.29) is 11.9 Å². The number of hydrogen-bond donors (Lipinski definition) is 1. The maximum atomic E-state index is 12.6. The van der Waals surface area contributed by atoms with E-state index in [2.05, 4.69) is 10.3 Å². The minimum Gasteiger partial charge on any atom is -0.486 e. The van der Waals surface area contributed by atoms with Gasteiger partial charge in [-0.05, 0) is 48.4 Å². The van der Waals surface area contributed by atoms with E-state index in [1.165, 1.54) is 0 Å². The van der Waals surface area contributed by atoms with Crippen molar-refractivity contribution in [3.05, 3.63) is 82.9 Å². The van der Waals surface area contributed by atoms with Crippen molar-refractivity contribution in [2.75, 3.05) is 0 Å². The van der Waals surface area contributed by atoms with Gasteiger partial charge >= 0.3 is 0 Å². The molecular formula is C21H22ClN3O2. The molecule has 5 nitrogen and oxygen atoms in total.